The maximum Gasteiger partial charge on any atom is 0.393 e. The van der Waals surface area contributed by atoms with Gasteiger partial charge in [0, 0.05) is 54.5 Å². The molecule has 0 amide bonds. The molecular weight excluding hydrogens is 511 g/mol. The van der Waals surface area contributed by atoms with Crippen LogP contribution in [0.1, 0.15) is 43.4 Å². The first-order valence-electron chi connectivity index (χ1n) is 12.3. The molecule has 1 atom stereocenters. The quantitative estimate of drug-likeness (QED) is 0.594. The lowest BCUT2D eigenvalue weighted by Crippen LogP contribution is -2.36. The number of sulfonamides is 1. The first kappa shape index (κ1) is 25.5. The summed E-state index contributed by atoms with van der Waals surface area (Å²) in [4.78, 5) is 13.9. The number of rotatable bonds is 4. The predicted octanol–water partition coefficient (Wildman–Crippen LogP) is 3.77. The molecule has 1 unspecified atom stereocenters. The van der Waals surface area contributed by atoms with E-state index in [0.29, 0.717) is 10.2 Å². The van der Waals surface area contributed by atoms with Crippen LogP contribution in [-0.2, 0) is 16.4 Å². The van der Waals surface area contributed by atoms with Gasteiger partial charge in [0.05, 0.1) is 18.1 Å². The third-order valence-corrected chi connectivity index (χ3v) is 9.25. The fourth-order valence-electron chi connectivity index (χ4n) is 5.75. The summed E-state index contributed by atoms with van der Waals surface area (Å²) in [6.07, 6.45) is 2.90. The standard InChI is InChI=1S/C24H30F3N5O2S2/c1-36(33,34)30-18-4-2-17(3-5-18)6-9-31-10-7-23(14-31)8-11-32(15-23)21-20-12-19(13-24(25,26)27)35-22(20)29-16-28-21/h12,16-18,30H,2-5,7-8,10-11,13-15H2,1H3. The summed E-state index contributed by atoms with van der Waals surface area (Å²) < 4.78 is 64.2. The Hall–Kier alpha value is -2.10. The summed E-state index contributed by atoms with van der Waals surface area (Å²) in [6.45, 7) is 3.40. The van der Waals surface area contributed by atoms with Crippen LogP contribution in [0.15, 0.2) is 12.4 Å². The number of nitrogens with one attached hydrogen (secondary N) is 1. The van der Waals surface area contributed by atoms with Crippen LogP contribution in [0, 0.1) is 23.3 Å². The molecule has 4 heterocycles. The number of halogens is 3. The fraction of sp³-hybridized carbons (Fsp3) is 0.667. The topological polar surface area (TPSA) is 78.4 Å². The molecule has 196 valence electrons. The van der Waals surface area contributed by atoms with E-state index in [1.807, 2.05) is 0 Å². The summed E-state index contributed by atoms with van der Waals surface area (Å²) in [7, 11) is -3.17. The molecule has 1 saturated carbocycles. The van der Waals surface area contributed by atoms with Crippen molar-refractivity contribution in [2.75, 3.05) is 37.3 Å². The van der Waals surface area contributed by atoms with Gasteiger partial charge in [0.1, 0.15) is 17.0 Å². The molecule has 12 heteroatoms. The minimum atomic E-state index is -4.24. The molecule has 1 spiro atoms. The highest BCUT2D eigenvalue weighted by Gasteiger charge is 2.44. The van der Waals surface area contributed by atoms with E-state index in [0.717, 1.165) is 81.9 Å². The number of aromatic nitrogens is 2. The number of likely N-dealkylation sites (tertiary alicyclic amines) is 1. The van der Waals surface area contributed by atoms with E-state index in [9.17, 15) is 21.6 Å². The van der Waals surface area contributed by atoms with Crippen molar-refractivity contribution in [1.82, 2.24) is 19.6 Å². The zero-order chi connectivity index (χ0) is 25.6. The van der Waals surface area contributed by atoms with E-state index < -0.39 is 22.6 Å². The maximum atomic E-state index is 12.9. The minimum absolute atomic E-state index is 0.0126. The first-order valence-corrected chi connectivity index (χ1v) is 15.0. The molecule has 36 heavy (non-hydrogen) atoms. The normalized spacial score (nSPS) is 27.1. The molecule has 2 aromatic rings. The first-order chi connectivity index (χ1) is 17.0. The Morgan fingerprint density at radius 1 is 1.17 bits per heavy atom. The van der Waals surface area contributed by atoms with E-state index in [1.54, 1.807) is 6.07 Å². The van der Waals surface area contributed by atoms with Crippen LogP contribution >= 0.6 is 11.3 Å². The highest BCUT2D eigenvalue weighted by molar-refractivity contribution is 7.88. The lowest BCUT2D eigenvalue weighted by atomic mass is 9.86. The fourth-order valence-corrected chi connectivity index (χ4v) is 7.61. The molecule has 1 N–H and O–H groups in total. The van der Waals surface area contributed by atoms with Crippen molar-refractivity contribution in [2.24, 2.45) is 11.3 Å². The number of fused-ring (bicyclic) bond motifs is 1. The Morgan fingerprint density at radius 2 is 1.92 bits per heavy atom. The second kappa shape index (κ2) is 9.65. The lowest BCUT2D eigenvalue weighted by Gasteiger charge is -2.26. The van der Waals surface area contributed by atoms with E-state index in [2.05, 4.69) is 36.5 Å². The molecule has 7 nitrogen and oxygen atoms in total. The monoisotopic (exact) mass is 541 g/mol. The molecule has 0 bridgehead atoms. The van der Waals surface area contributed by atoms with Gasteiger partial charge in [0.2, 0.25) is 10.0 Å². The zero-order valence-corrected chi connectivity index (χ0v) is 21.8. The van der Waals surface area contributed by atoms with Crippen molar-refractivity contribution in [1.29, 1.82) is 0 Å². The number of thiophene rings is 1. The van der Waals surface area contributed by atoms with Crippen LogP contribution in [0.3, 0.4) is 0 Å². The van der Waals surface area contributed by atoms with Crippen LogP contribution < -0.4 is 9.62 Å². The van der Waals surface area contributed by atoms with E-state index in [1.165, 1.54) is 12.6 Å². The van der Waals surface area contributed by atoms with Gasteiger partial charge in [0.15, 0.2) is 0 Å². The highest BCUT2D eigenvalue weighted by atomic mass is 32.2. The number of hydrogen-bond acceptors (Lipinski definition) is 7. The lowest BCUT2D eigenvalue weighted by molar-refractivity contribution is -0.126. The van der Waals surface area contributed by atoms with Gasteiger partial charge < -0.3 is 9.80 Å². The average Bonchev–Trinajstić information content (AvgIpc) is 3.49. The van der Waals surface area contributed by atoms with Crippen LogP contribution in [0.2, 0.25) is 0 Å². The van der Waals surface area contributed by atoms with Gasteiger partial charge in [0.25, 0.3) is 0 Å². The van der Waals surface area contributed by atoms with Crippen molar-refractivity contribution in [3.8, 4) is 12.0 Å². The number of nitrogens with zero attached hydrogens (tertiary/aromatic N) is 4. The molecule has 5 rings (SSSR count). The van der Waals surface area contributed by atoms with Crippen molar-refractivity contribution >= 4 is 37.4 Å². The molecule has 3 fully saturated rings. The Balaban J connectivity index is 1.19. The predicted molar refractivity (Wildman–Crippen MR) is 134 cm³/mol. The van der Waals surface area contributed by atoms with Crippen LogP contribution in [0.5, 0.6) is 0 Å². The number of alkyl halides is 3. The van der Waals surface area contributed by atoms with E-state index in [4.69, 9.17) is 0 Å². The van der Waals surface area contributed by atoms with E-state index >= 15 is 0 Å². The SMILES string of the molecule is CS(=O)(=O)NC1CCC(C#CN2CCC3(CCN(c4ncnc5sc(CC(F)(F)F)cc45)C3)C2)CC1. The van der Waals surface area contributed by atoms with E-state index in [-0.39, 0.29) is 22.3 Å². The van der Waals surface area contributed by atoms with Crippen LogP contribution in [0.25, 0.3) is 10.2 Å². The smallest absolute Gasteiger partial charge is 0.355 e. The number of anilines is 1. The Kier molecular flexibility index (Phi) is 6.85. The molecule has 1 aliphatic carbocycles. The highest BCUT2D eigenvalue weighted by Crippen LogP contribution is 2.42. The van der Waals surface area contributed by atoms with Gasteiger partial charge in [-0.3, -0.25) is 0 Å². The molecule has 2 aromatic heterocycles. The van der Waals surface area contributed by atoms with Gasteiger partial charge in [-0.15, -0.1) is 11.3 Å². The summed E-state index contributed by atoms with van der Waals surface area (Å²) in [5, 5.41) is 0.703. The Morgan fingerprint density at radius 3 is 2.64 bits per heavy atom. The number of hydrogen-bond donors (Lipinski definition) is 1. The van der Waals surface area contributed by atoms with Gasteiger partial charge in [-0.05, 0) is 44.6 Å². The Labute approximate surface area is 213 Å². The van der Waals surface area contributed by atoms with Crippen molar-refractivity contribution in [3.05, 3.63) is 17.3 Å². The van der Waals surface area contributed by atoms with Crippen LogP contribution in [-0.4, -0.2) is 67.9 Å². The van der Waals surface area contributed by atoms with Gasteiger partial charge in [-0.1, -0.05) is 5.92 Å². The summed E-state index contributed by atoms with van der Waals surface area (Å²) in [5.41, 5.74) is 0.105. The second-order valence-corrected chi connectivity index (χ2v) is 13.4. The molecule has 2 aliphatic heterocycles. The summed E-state index contributed by atoms with van der Waals surface area (Å²) >= 11 is 1.09. The van der Waals surface area contributed by atoms with Crippen LogP contribution in [0.4, 0.5) is 19.0 Å². The zero-order valence-electron chi connectivity index (χ0n) is 20.1. The molecule has 0 aromatic carbocycles. The second-order valence-electron chi connectivity index (χ2n) is 10.5. The summed E-state index contributed by atoms with van der Waals surface area (Å²) in [6, 6.07) is 4.98. The van der Waals surface area contributed by atoms with Crippen molar-refractivity contribution in [2.45, 2.75) is 57.2 Å². The molecule has 3 aliphatic rings. The average molecular weight is 542 g/mol. The molecule has 0 radical (unpaired) electrons. The third-order valence-electron chi connectivity index (χ3n) is 7.44. The van der Waals surface area contributed by atoms with Gasteiger partial charge >= 0.3 is 6.18 Å². The Bertz CT molecular complexity index is 1280. The van der Waals surface area contributed by atoms with Gasteiger partial charge in [-0.2, -0.15) is 13.2 Å². The largest absolute Gasteiger partial charge is 0.393 e. The molecular formula is C24H30F3N5O2S2. The molecule has 2 saturated heterocycles. The van der Waals surface area contributed by atoms with Crippen molar-refractivity contribution in [3.63, 3.8) is 0 Å². The third kappa shape index (κ3) is 6.06. The minimum Gasteiger partial charge on any atom is -0.355 e. The maximum absolute atomic E-state index is 12.9. The summed E-state index contributed by atoms with van der Waals surface area (Å²) in [5.74, 6) is 4.43. The van der Waals surface area contributed by atoms with Crippen molar-refractivity contribution < 1.29 is 21.6 Å². The van der Waals surface area contributed by atoms with Gasteiger partial charge in [-0.25, -0.2) is 23.1 Å².